The van der Waals surface area contributed by atoms with Gasteiger partial charge in [0.25, 0.3) is 5.91 Å². The minimum atomic E-state index is -1.26. The zero-order valence-corrected chi connectivity index (χ0v) is 10.5. The highest BCUT2D eigenvalue weighted by atomic mass is 16.4. The van der Waals surface area contributed by atoms with Crippen LogP contribution in [-0.4, -0.2) is 35.6 Å². The normalized spacial score (nSPS) is 11.9. The van der Waals surface area contributed by atoms with Crippen molar-refractivity contribution < 1.29 is 19.5 Å². The van der Waals surface area contributed by atoms with Crippen LogP contribution in [0.15, 0.2) is 0 Å². The first kappa shape index (κ1) is 16.2. The van der Waals surface area contributed by atoms with Crippen molar-refractivity contribution in [3.63, 3.8) is 0 Å². The maximum absolute atomic E-state index is 11.6. The first-order valence-electron chi connectivity index (χ1n) is 5.63. The third-order valence-corrected chi connectivity index (χ3v) is 2.03. The van der Waals surface area contributed by atoms with Crippen LogP contribution in [0, 0.1) is 5.92 Å². The summed E-state index contributed by atoms with van der Waals surface area (Å²) in [7, 11) is 0. The molecule has 3 amide bonds. The van der Waals surface area contributed by atoms with E-state index in [9.17, 15) is 14.4 Å². The molecule has 0 aliphatic rings. The quantitative estimate of drug-likeness (QED) is 0.287. The largest absolute Gasteiger partial charge is 0.465 e. The fourth-order valence-corrected chi connectivity index (χ4v) is 1.27. The molecule has 0 rings (SSSR count). The predicted octanol–water partition coefficient (Wildman–Crippen LogP) is -0.835. The molecule has 0 aromatic heterocycles. The maximum Gasteiger partial charge on any atom is 0.405 e. The molecular weight excluding hydrogens is 240 g/mol. The lowest BCUT2D eigenvalue weighted by atomic mass is 10.0. The SMILES string of the molecule is CC(C)CC(NC(=O)O)C(=O)NNCCC(N)=O. The van der Waals surface area contributed by atoms with Crippen molar-refractivity contribution in [1.29, 1.82) is 0 Å². The van der Waals surface area contributed by atoms with Gasteiger partial charge in [-0.25, -0.2) is 10.2 Å². The number of primary amides is 1. The second-order valence-electron chi connectivity index (χ2n) is 4.26. The van der Waals surface area contributed by atoms with Crippen molar-refractivity contribution in [1.82, 2.24) is 16.2 Å². The number of nitrogens with one attached hydrogen (secondary N) is 3. The summed E-state index contributed by atoms with van der Waals surface area (Å²) >= 11 is 0. The highest BCUT2D eigenvalue weighted by molar-refractivity contribution is 5.84. The third kappa shape index (κ3) is 8.34. The number of hydrazine groups is 1. The van der Waals surface area contributed by atoms with Gasteiger partial charge in [0.2, 0.25) is 5.91 Å². The third-order valence-electron chi connectivity index (χ3n) is 2.03. The van der Waals surface area contributed by atoms with Gasteiger partial charge in [0.05, 0.1) is 0 Å². The number of carbonyl (C=O) groups excluding carboxylic acids is 2. The van der Waals surface area contributed by atoms with E-state index in [1.807, 2.05) is 13.8 Å². The number of amides is 3. The van der Waals surface area contributed by atoms with Gasteiger partial charge in [0.1, 0.15) is 6.04 Å². The monoisotopic (exact) mass is 260 g/mol. The van der Waals surface area contributed by atoms with Gasteiger partial charge in [0.15, 0.2) is 0 Å². The van der Waals surface area contributed by atoms with Crippen molar-refractivity contribution >= 4 is 17.9 Å². The van der Waals surface area contributed by atoms with Gasteiger partial charge in [-0.1, -0.05) is 13.8 Å². The minimum Gasteiger partial charge on any atom is -0.465 e. The Hall–Kier alpha value is -1.83. The van der Waals surface area contributed by atoms with Gasteiger partial charge in [0, 0.05) is 13.0 Å². The van der Waals surface area contributed by atoms with Gasteiger partial charge in [-0.15, -0.1) is 0 Å². The molecule has 0 heterocycles. The Morgan fingerprint density at radius 3 is 2.33 bits per heavy atom. The topological polar surface area (TPSA) is 134 Å². The number of nitrogens with two attached hydrogens (primary N) is 1. The molecule has 1 unspecified atom stereocenters. The van der Waals surface area contributed by atoms with E-state index in [0.29, 0.717) is 6.42 Å². The van der Waals surface area contributed by atoms with E-state index in [0.717, 1.165) is 0 Å². The van der Waals surface area contributed by atoms with E-state index in [-0.39, 0.29) is 18.9 Å². The first-order chi connectivity index (χ1) is 8.32. The van der Waals surface area contributed by atoms with Gasteiger partial charge in [-0.05, 0) is 12.3 Å². The fourth-order valence-electron chi connectivity index (χ4n) is 1.27. The molecule has 0 aromatic rings. The summed E-state index contributed by atoms with van der Waals surface area (Å²) in [5, 5.41) is 10.8. The van der Waals surface area contributed by atoms with E-state index in [4.69, 9.17) is 10.8 Å². The molecule has 104 valence electrons. The first-order valence-corrected chi connectivity index (χ1v) is 5.63. The Kier molecular flexibility index (Phi) is 7.45. The predicted molar refractivity (Wildman–Crippen MR) is 64.4 cm³/mol. The van der Waals surface area contributed by atoms with E-state index in [2.05, 4.69) is 16.2 Å². The smallest absolute Gasteiger partial charge is 0.405 e. The van der Waals surface area contributed by atoms with Crippen LogP contribution in [0.1, 0.15) is 26.7 Å². The zero-order chi connectivity index (χ0) is 14.1. The molecular formula is C10H20N4O4. The summed E-state index contributed by atoms with van der Waals surface area (Å²) in [5.74, 6) is -0.812. The fraction of sp³-hybridized carbons (Fsp3) is 0.700. The number of carboxylic acid groups (broad SMARTS) is 1. The molecule has 18 heavy (non-hydrogen) atoms. The van der Waals surface area contributed by atoms with Crippen LogP contribution < -0.4 is 21.9 Å². The molecule has 0 aliphatic heterocycles. The summed E-state index contributed by atoms with van der Waals surface area (Å²) in [6.07, 6.45) is -0.787. The minimum absolute atomic E-state index is 0.0848. The summed E-state index contributed by atoms with van der Waals surface area (Å²) < 4.78 is 0. The lowest BCUT2D eigenvalue weighted by molar-refractivity contribution is -0.125. The van der Waals surface area contributed by atoms with Crippen LogP contribution in [0.4, 0.5) is 4.79 Å². The van der Waals surface area contributed by atoms with Crippen LogP contribution in [0.2, 0.25) is 0 Å². The second kappa shape index (κ2) is 8.29. The Morgan fingerprint density at radius 1 is 1.28 bits per heavy atom. The van der Waals surface area contributed by atoms with Crippen LogP contribution in [0.25, 0.3) is 0 Å². The van der Waals surface area contributed by atoms with E-state index >= 15 is 0 Å². The van der Waals surface area contributed by atoms with Crippen molar-refractivity contribution in [2.45, 2.75) is 32.7 Å². The molecule has 6 N–H and O–H groups in total. The molecule has 0 saturated carbocycles. The Labute approximate surface area is 105 Å². The molecule has 8 nitrogen and oxygen atoms in total. The van der Waals surface area contributed by atoms with Crippen LogP contribution >= 0.6 is 0 Å². The number of hydrogen-bond acceptors (Lipinski definition) is 4. The summed E-state index contributed by atoms with van der Waals surface area (Å²) in [6.45, 7) is 3.96. The number of hydrogen-bond donors (Lipinski definition) is 5. The Balaban J connectivity index is 4.12. The summed E-state index contributed by atoms with van der Waals surface area (Å²) in [6, 6.07) is -0.830. The van der Waals surface area contributed by atoms with Crippen molar-refractivity contribution in [2.24, 2.45) is 11.7 Å². The van der Waals surface area contributed by atoms with Crippen molar-refractivity contribution in [3.05, 3.63) is 0 Å². The van der Waals surface area contributed by atoms with E-state index in [1.165, 1.54) is 0 Å². The van der Waals surface area contributed by atoms with Crippen LogP contribution in [0.3, 0.4) is 0 Å². The lowest BCUT2D eigenvalue weighted by Crippen LogP contribution is -2.51. The van der Waals surface area contributed by atoms with Crippen LogP contribution in [0.5, 0.6) is 0 Å². The lowest BCUT2D eigenvalue weighted by Gasteiger charge is -2.18. The summed E-state index contributed by atoms with van der Waals surface area (Å²) in [5.41, 5.74) is 9.76. The maximum atomic E-state index is 11.6. The van der Waals surface area contributed by atoms with E-state index in [1.54, 1.807) is 0 Å². The molecule has 0 bridgehead atoms. The number of rotatable bonds is 8. The van der Waals surface area contributed by atoms with Gasteiger partial charge in [-0.2, -0.15) is 0 Å². The summed E-state index contributed by atoms with van der Waals surface area (Å²) in [4.78, 5) is 32.6. The molecule has 0 aliphatic carbocycles. The standard InChI is InChI=1S/C10H20N4O4/c1-6(2)5-7(13-10(17)18)9(16)14-12-4-3-8(11)15/h6-7,12-13H,3-5H2,1-2H3,(H2,11,15)(H,14,16)(H,17,18). The Morgan fingerprint density at radius 2 is 1.89 bits per heavy atom. The van der Waals surface area contributed by atoms with Crippen molar-refractivity contribution in [3.8, 4) is 0 Å². The average molecular weight is 260 g/mol. The number of carbonyl (C=O) groups is 3. The average Bonchev–Trinajstić information content (AvgIpc) is 2.21. The molecule has 8 heteroatoms. The van der Waals surface area contributed by atoms with Crippen molar-refractivity contribution in [2.75, 3.05) is 6.54 Å². The Bertz CT molecular complexity index is 306. The molecule has 0 fully saturated rings. The van der Waals surface area contributed by atoms with Gasteiger partial charge < -0.3 is 16.2 Å². The van der Waals surface area contributed by atoms with Crippen LogP contribution in [-0.2, 0) is 9.59 Å². The zero-order valence-electron chi connectivity index (χ0n) is 10.5. The second-order valence-corrected chi connectivity index (χ2v) is 4.26. The molecule has 1 atom stereocenters. The van der Waals surface area contributed by atoms with Gasteiger partial charge >= 0.3 is 6.09 Å². The highest BCUT2D eigenvalue weighted by Gasteiger charge is 2.21. The van der Waals surface area contributed by atoms with E-state index < -0.39 is 23.9 Å². The molecule has 0 spiro atoms. The molecule has 0 saturated heterocycles. The van der Waals surface area contributed by atoms with Gasteiger partial charge in [-0.3, -0.25) is 15.0 Å². The highest BCUT2D eigenvalue weighted by Crippen LogP contribution is 2.04. The molecule has 0 radical (unpaired) electrons. The molecule has 0 aromatic carbocycles.